The number of anilines is 1. The Kier molecular flexibility index (Phi) is 6.60. The van der Waals surface area contributed by atoms with Crippen LogP contribution in [0.15, 0.2) is 78.9 Å². The second-order valence-electron chi connectivity index (χ2n) is 8.09. The fourth-order valence-electron chi connectivity index (χ4n) is 4.23. The zero-order valence-electron chi connectivity index (χ0n) is 19.5. The third kappa shape index (κ3) is 4.11. The number of carbonyl (C=O) groups excluding carboxylic acids is 2. The highest BCUT2D eigenvalue weighted by molar-refractivity contribution is 6.05. The number of esters is 1. The van der Waals surface area contributed by atoms with Gasteiger partial charge in [-0.1, -0.05) is 48.5 Å². The largest absolute Gasteiger partial charge is 0.463 e. The van der Waals surface area contributed by atoms with Gasteiger partial charge < -0.3 is 19.7 Å². The predicted octanol–water partition coefficient (Wildman–Crippen LogP) is 5.50. The molecule has 0 spiro atoms. The lowest BCUT2D eigenvalue weighted by atomic mass is 9.94. The van der Waals surface area contributed by atoms with Gasteiger partial charge in [-0.25, -0.2) is 4.79 Å². The first-order valence-electron chi connectivity index (χ1n) is 11.1. The molecule has 0 saturated carbocycles. The van der Waals surface area contributed by atoms with Gasteiger partial charge >= 0.3 is 12.1 Å². The molecule has 0 fully saturated rings. The van der Waals surface area contributed by atoms with E-state index in [1.165, 1.54) is 26.0 Å². The molecule has 9 heteroatoms. The number of ether oxygens (including phenoxy) is 1. The van der Waals surface area contributed by atoms with Gasteiger partial charge in [0.05, 0.1) is 29.2 Å². The van der Waals surface area contributed by atoms with Crippen molar-refractivity contribution in [2.75, 3.05) is 11.9 Å². The number of rotatable bonds is 6. The molecule has 1 atom stereocenters. The van der Waals surface area contributed by atoms with Crippen molar-refractivity contribution in [3.05, 3.63) is 95.7 Å². The number of amides is 1. The van der Waals surface area contributed by atoms with E-state index in [1.54, 1.807) is 66.7 Å². The standard InChI is InChI=1S/C27H23F3N2O4/c1-3-36-25(34)26(35,27(28,29)30)23-17(2)19-13-7-9-15-21(19)32(23)22-16-10-8-14-20(22)31-24(33)18-11-5-4-6-12-18/h4-16,35H,3H2,1-2H3,(H,31,33). The number of nitrogens with zero attached hydrogens (tertiary/aromatic N) is 1. The van der Waals surface area contributed by atoms with Crippen molar-refractivity contribution in [1.29, 1.82) is 0 Å². The average molecular weight is 496 g/mol. The van der Waals surface area contributed by atoms with Crippen LogP contribution in [0.2, 0.25) is 0 Å². The summed E-state index contributed by atoms with van der Waals surface area (Å²) in [5.41, 5.74) is -3.67. The minimum absolute atomic E-state index is 0.0441. The molecule has 0 aliphatic heterocycles. The SMILES string of the molecule is CCOC(=O)C(O)(c1c(C)c2ccccc2n1-c1ccccc1NC(=O)c1ccccc1)C(F)(F)F. The maximum Gasteiger partial charge on any atom is 0.434 e. The van der Waals surface area contributed by atoms with Gasteiger partial charge in [0.25, 0.3) is 11.5 Å². The van der Waals surface area contributed by atoms with Crippen LogP contribution in [0.3, 0.4) is 0 Å². The van der Waals surface area contributed by atoms with Crippen molar-refractivity contribution < 1.29 is 32.6 Å². The highest BCUT2D eigenvalue weighted by Crippen LogP contribution is 2.46. The van der Waals surface area contributed by atoms with Crippen molar-refractivity contribution in [2.24, 2.45) is 0 Å². The third-order valence-corrected chi connectivity index (χ3v) is 5.88. The number of aryl methyl sites for hydroxylation is 1. The highest BCUT2D eigenvalue weighted by Gasteiger charge is 2.64. The predicted molar refractivity (Wildman–Crippen MR) is 129 cm³/mol. The van der Waals surface area contributed by atoms with Crippen molar-refractivity contribution in [1.82, 2.24) is 4.57 Å². The molecular weight excluding hydrogens is 473 g/mol. The van der Waals surface area contributed by atoms with Crippen molar-refractivity contribution in [3.8, 4) is 5.69 Å². The van der Waals surface area contributed by atoms with Crippen LogP contribution in [0.4, 0.5) is 18.9 Å². The highest BCUT2D eigenvalue weighted by atomic mass is 19.4. The number of alkyl halides is 3. The Morgan fingerprint density at radius 2 is 1.56 bits per heavy atom. The van der Waals surface area contributed by atoms with Crippen LogP contribution in [-0.4, -0.2) is 34.3 Å². The molecule has 6 nitrogen and oxygen atoms in total. The first kappa shape index (κ1) is 25.0. The van der Waals surface area contributed by atoms with E-state index in [-0.39, 0.29) is 23.5 Å². The van der Waals surface area contributed by atoms with Crippen LogP contribution >= 0.6 is 0 Å². The Bertz CT molecular complexity index is 1430. The smallest absolute Gasteiger partial charge is 0.434 e. The van der Waals surface area contributed by atoms with E-state index < -0.39 is 29.3 Å². The lowest BCUT2D eigenvalue weighted by Crippen LogP contribution is -2.51. The minimum atomic E-state index is -5.40. The maximum atomic E-state index is 14.5. The van der Waals surface area contributed by atoms with Crippen LogP contribution < -0.4 is 5.32 Å². The van der Waals surface area contributed by atoms with Crippen LogP contribution in [0.5, 0.6) is 0 Å². The molecule has 0 saturated heterocycles. The zero-order valence-corrected chi connectivity index (χ0v) is 19.5. The molecule has 1 heterocycles. The number of halogens is 3. The number of para-hydroxylation sites is 3. The molecule has 4 aromatic rings. The van der Waals surface area contributed by atoms with Crippen LogP contribution in [0, 0.1) is 6.92 Å². The lowest BCUT2D eigenvalue weighted by Gasteiger charge is -2.30. The van der Waals surface area contributed by atoms with Crippen LogP contribution in [0.25, 0.3) is 16.6 Å². The van der Waals surface area contributed by atoms with E-state index in [4.69, 9.17) is 4.74 Å². The number of hydrogen-bond donors (Lipinski definition) is 2. The van der Waals surface area contributed by atoms with E-state index in [9.17, 15) is 27.9 Å². The van der Waals surface area contributed by atoms with Gasteiger partial charge in [-0.05, 0) is 49.7 Å². The van der Waals surface area contributed by atoms with Gasteiger partial charge in [0.1, 0.15) is 0 Å². The molecule has 1 amide bonds. The zero-order chi connectivity index (χ0) is 26.1. The summed E-state index contributed by atoms with van der Waals surface area (Å²) in [5.74, 6) is -2.32. The van der Waals surface area contributed by atoms with Gasteiger partial charge in [-0.2, -0.15) is 13.2 Å². The van der Waals surface area contributed by atoms with E-state index >= 15 is 0 Å². The van der Waals surface area contributed by atoms with Crippen LogP contribution in [-0.2, 0) is 15.1 Å². The molecule has 0 radical (unpaired) electrons. The quantitative estimate of drug-likeness (QED) is 0.345. The van der Waals surface area contributed by atoms with Crippen molar-refractivity contribution in [2.45, 2.75) is 25.6 Å². The van der Waals surface area contributed by atoms with Gasteiger partial charge in [0.2, 0.25) is 0 Å². The minimum Gasteiger partial charge on any atom is -0.463 e. The normalized spacial score (nSPS) is 13.3. The molecule has 186 valence electrons. The fourth-order valence-corrected chi connectivity index (χ4v) is 4.23. The van der Waals surface area contributed by atoms with Crippen LogP contribution in [0.1, 0.15) is 28.5 Å². The van der Waals surface area contributed by atoms with Gasteiger partial charge in [0, 0.05) is 10.9 Å². The molecule has 36 heavy (non-hydrogen) atoms. The second kappa shape index (κ2) is 9.50. The summed E-state index contributed by atoms with van der Waals surface area (Å²) in [4.78, 5) is 25.6. The summed E-state index contributed by atoms with van der Waals surface area (Å²) < 4.78 is 49.2. The number of carbonyl (C=O) groups is 2. The summed E-state index contributed by atoms with van der Waals surface area (Å²) in [6.07, 6.45) is -5.40. The molecule has 3 aromatic carbocycles. The topological polar surface area (TPSA) is 80.6 Å². The second-order valence-corrected chi connectivity index (χ2v) is 8.09. The summed E-state index contributed by atoms with van der Waals surface area (Å²) in [7, 11) is 0. The number of fused-ring (bicyclic) bond motifs is 1. The molecule has 0 aliphatic rings. The summed E-state index contributed by atoms with van der Waals surface area (Å²) >= 11 is 0. The van der Waals surface area contributed by atoms with E-state index in [0.29, 0.717) is 16.5 Å². The first-order valence-corrected chi connectivity index (χ1v) is 11.1. The summed E-state index contributed by atoms with van der Waals surface area (Å²) in [5, 5.41) is 14.2. The molecular formula is C27H23F3N2O4. The fraction of sp³-hybridized carbons (Fsp3) is 0.185. The van der Waals surface area contributed by atoms with Gasteiger partial charge in [-0.15, -0.1) is 0 Å². The number of nitrogens with one attached hydrogen (secondary N) is 1. The molecule has 2 N–H and O–H groups in total. The molecule has 1 unspecified atom stereocenters. The number of aliphatic hydroxyl groups is 1. The molecule has 0 bridgehead atoms. The Morgan fingerprint density at radius 3 is 2.22 bits per heavy atom. The van der Waals surface area contributed by atoms with E-state index in [0.717, 1.165) is 4.57 Å². The summed E-state index contributed by atoms with van der Waals surface area (Å²) in [6.45, 7) is 2.39. The molecule has 0 aliphatic carbocycles. The van der Waals surface area contributed by atoms with Gasteiger partial charge in [0.15, 0.2) is 0 Å². The van der Waals surface area contributed by atoms with Crippen molar-refractivity contribution in [3.63, 3.8) is 0 Å². The summed E-state index contributed by atoms with van der Waals surface area (Å²) in [6, 6.07) is 21.0. The average Bonchev–Trinajstić information content (AvgIpc) is 3.16. The third-order valence-electron chi connectivity index (χ3n) is 5.88. The lowest BCUT2D eigenvalue weighted by molar-refractivity contribution is -0.269. The van der Waals surface area contributed by atoms with Gasteiger partial charge in [-0.3, -0.25) is 4.79 Å². The van der Waals surface area contributed by atoms with E-state index in [1.807, 2.05) is 0 Å². The monoisotopic (exact) mass is 496 g/mol. The number of aromatic nitrogens is 1. The Hall–Kier alpha value is -4.11. The van der Waals surface area contributed by atoms with Crippen molar-refractivity contribution >= 4 is 28.5 Å². The number of hydrogen-bond acceptors (Lipinski definition) is 4. The van der Waals surface area contributed by atoms with E-state index in [2.05, 4.69) is 5.32 Å². The number of benzene rings is 3. The Balaban J connectivity index is 2.01. The maximum absolute atomic E-state index is 14.5. The Morgan fingerprint density at radius 1 is 0.944 bits per heavy atom. The molecule has 4 rings (SSSR count). The Labute approximate surface area is 204 Å². The first-order chi connectivity index (χ1) is 17.1. The molecule has 1 aromatic heterocycles.